The maximum atomic E-state index is 12.9. The van der Waals surface area contributed by atoms with Gasteiger partial charge in [0.1, 0.15) is 6.61 Å². The van der Waals surface area contributed by atoms with Gasteiger partial charge in [-0.05, 0) is 0 Å². The summed E-state index contributed by atoms with van der Waals surface area (Å²) in [6.45, 7) is 6.10. The van der Waals surface area contributed by atoms with Crippen LogP contribution in [0.4, 0.5) is 5.69 Å². The van der Waals surface area contributed by atoms with Gasteiger partial charge in [0.15, 0.2) is 11.5 Å². The molecule has 1 aromatic rings. The largest absolute Gasteiger partial charge is 0.493 e. The summed E-state index contributed by atoms with van der Waals surface area (Å²) in [4.78, 5) is 37.3. The molecule has 0 bridgehead atoms. The van der Waals surface area contributed by atoms with Crippen LogP contribution in [0.2, 0.25) is 0 Å². The average molecular weight is 391 g/mol. The Balaban J connectivity index is 2.33. The highest BCUT2D eigenvalue weighted by atomic mass is 16.6. The molecule has 0 aromatic heterocycles. The first-order valence-electron chi connectivity index (χ1n) is 8.12. The summed E-state index contributed by atoms with van der Waals surface area (Å²) in [5.74, 6) is -1.06. The summed E-state index contributed by atoms with van der Waals surface area (Å²) in [7, 11) is 4.36. The van der Waals surface area contributed by atoms with Gasteiger partial charge in [0.05, 0.1) is 33.6 Å². The predicted octanol–water partition coefficient (Wildman–Crippen LogP) is 1.26. The van der Waals surface area contributed by atoms with Crippen molar-refractivity contribution in [1.29, 1.82) is 0 Å². The number of benzene rings is 1. The molecular weight excluding hydrogens is 370 g/mol. The summed E-state index contributed by atoms with van der Waals surface area (Å²) in [6, 6.07) is 3.16. The average Bonchev–Trinajstić information content (AvgIpc) is 2.73. The van der Waals surface area contributed by atoms with Gasteiger partial charge in [0.25, 0.3) is 5.91 Å². The number of hydrogen-bond acceptors (Lipinski definition) is 8. The van der Waals surface area contributed by atoms with Crippen LogP contribution in [-0.4, -0.2) is 57.9 Å². The smallest absolute Gasteiger partial charge is 0.331 e. The van der Waals surface area contributed by atoms with Gasteiger partial charge >= 0.3 is 11.9 Å². The normalized spacial score (nSPS) is 17.8. The number of nitrogens with zero attached hydrogens (tertiary/aromatic N) is 1. The van der Waals surface area contributed by atoms with E-state index in [1.54, 1.807) is 12.1 Å². The quantitative estimate of drug-likeness (QED) is 0.352. The Bertz CT molecular complexity index is 793. The van der Waals surface area contributed by atoms with Crippen molar-refractivity contribution in [2.75, 3.05) is 39.4 Å². The zero-order valence-electron chi connectivity index (χ0n) is 15.9. The van der Waals surface area contributed by atoms with E-state index in [4.69, 9.17) is 23.7 Å². The molecule has 0 spiro atoms. The highest BCUT2D eigenvalue weighted by Crippen LogP contribution is 2.43. The Morgan fingerprint density at radius 1 is 1.07 bits per heavy atom. The zero-order chi connectivity index (χ0) is 20.9. The van der Waals surface area contributed by atoms with E-state index < -0.39 is 30.1 Å². The monoisotopic (exact) mass is 391 g/mol. The summed E-state index contributed by atoms with van der Waals surface area (Å²) >= 11 is 0. The van der Waals surface area contributed by atoms with Crippen molar-refractivity contribution < 1.29 is 38.1 Å². The van der Waals surface area contributed by atoms with Crippen molar-refractivity contribution >= 4 is 23.5 Å². The summed E-state index contributed by atoms with van der Waals surface area (Å²) < 4.78 is 25.9. The van der Waals surface area contributed by atoms with Crippen LogP contribution < -0.4 is 19.1 Å². The molecule has 0 unspecified atom stereocenters. The Hall–Kier alpha value is -3.49. The first-order chi connectivity index (χ1) is 13.3. The molecule has 28 heavy (non-hydrogen) atoms. The van der Waals surface area contributed by atoms with Gasteiger partial charge in [-0.3, -0.25) is 4.79 Å². The van der Waals surface area contributed by atoms with Gasteiger partial charge in [0.2, 0.25) is 11.4 Å². The van der Waals surface area contributed by atoms with Crippen molar-refractivity contribution in [3.05, 3.63) is 37.4 Å². The molecule has 0 saturated carbocycles. The van der Waals surface area contributed by atoms with Crippen LogP contribution in [0.15, 0.2) is 37.4 Å². The number of anilines is 1. The van der Waals surface area contributed by atoms with Crippen LogP contribution in [0, 0.1) is 0 Å². The molecule has 0 radical (unpaired) electrons. The number of hydrogen-bond donors (Lipinski definition) is 0. The lowest BCUT2D eigenvalue weighted by Gasteiger charge is -2.46. The number of methoxy groups -OCH3 is 3. The minimum absolute atomic E-state index is 0.0471. The first-order valence-corrected chi connectivity index (χ1v) is 8.12. The van der Waals surface area contributed by atoms with Gasteiger partial charge in [-0.15, -0.1) is 0 Å². The maximum absolute atomic E-state index is 12.9. The third-order valence-corrected chi connectivity index (χ3v) is 4.09. The van der Waals surface area contributed by atoms with Crippen LogP contribution in [0.25, 0.3) is 0 Å². The minimum Gasteiger partial charge on any atom is -0.493 e. The molecule has 1 fully saturated rings. The standard InChI is InChI=1S/C19H21NO8/c1-6-15(21)27-11-19(28-16(22)7-2)10-20(18(19)23)12-8-13(24-3)17(26-5)14(9-12)25-4/h6-9H,1-2,10-11H2,3-5H3/t19-/m1/s1. The van der Waals surface area contributed by atoms with Gasteiger partial charge in [0, 0.05) is 24.3 Å². The second-order valence-electron chi connectivity index (χ2n) is 5.71. The molecule has 9 nitrogen and oxygen atoms in total. The maximum Gasteiger partial charge on any atom is 0.331 e. The van der Waals surface area contributed by atoms with Gasteiger partial charge in [-0.2, -0.15) is 0 Å². The van der Waals surface area contributed by atoms with E-state index in [2.05, 4.69) is 13.2 Å². The van der Waals surface area contributed by atoms with Crippen LogP contribution in [0.5, 0.6) is 17.2 Å². The number of β-lactam (4-membered cyclic amide) rings is 1. The third kappa shape index (κ3) is 3.78. The fourth-order valence-electron chi connectivity index (χ4n) is 2.67. The number of ether oxygens (including phenoxy) is 5. The fourth-order valence-corrected chi connectivity index (χ4v) is 2.67. The van der Waals surface area contributed by atoms with Crippen molar-refractivity contribution in [1.82, 2.24) is 0 Å². The van der Waals surface area contributed by atoms with Gasteiger partial charge < -0.3 is 28.6 Å². The zero-order valence-corrected chi connectivity index (χ0v) is 15.9. The Labute approximate surface area is 162 Å². The molecule has 1 amide bonds. The third-order valence-electron chi connectivity index (χ3n) is 4.09. The molecule has 0 aliphatic carbocycles. The topological polar surface area (TPSA) is 101 Å². The first kappa shape index (κ1) is 20.8. The molecule has 1 saturated heterocycles. The predicted molar refractivity (Wildman–Crippen MR) is 98.6 cm³/mol. The van der Waals surface area contributed by atoms with Crippen molar-refractivity contribution in [2.45, 2.75) is 5.60 Å². The Morgan fingerprint density at radius 3 is 2.07 bits per heavy atom. The lowest BCUT2D eigenvalue weighted by molar-refractivity contribution is -0.179. The van der Waals surface area contributed by atoms with E-state index in [0.717, 1.165) is 12.2 Å². The van der Waals surface area contributed by atoms with Crippen LogP contribution in [0.1, 0.15) is 0 Å². The van der Waals surface area contributed by atoms with E-state index in [1.807, 2.05) is 0 Å². The molecule has 2 rings (SSSR count). The lowest BCUT2D eigenvalue weighted by atomic mass is 9.92. The van der Waals surface area contributed by atoms with Gasteiger partial charge in [-0.1, -0.05) is 13.2 Å². The van der Waals surface area contributed by atoms with Crippen molar-refractivity contribution in [2.24, 2.45) is 0 Å². The molecule has 1 aromatic carbocycles. The van der Waals surface area contributed by atoms with E-state index in [1.165, 1.54) is 26.2 Å². The number of rotatable bonds is 9. The molecule has 1 aliphatic rings. The fraction of sp³-hybridized carbons (Fsp3) is 0.316. The minimum atomic E-state index is -1.65. The second kappa shape index (κ2) is 8.47. The van der Waals surface area contributed by atoms with E-state index in [-0.39, 0.29) is 6.54 Å². The van der Waals surface area contributed by atoms with E-state index in [9.17, 15) is 14.4 Å². The SMILES string of the molecule is C=CC(=O)OC[C@]1(OC(=O)C=C)CN(c2cc(OC)c(OC)c(OC)c2)C1=O. The molecule has 150 valence electrons. The lowest BCUT2D eigenvalue weighted by Crippen LogP contribution is -2.71. The van der Waals surface area contributed by atoms with E-state index in [0.29, 0.717) is 22.9 Å². The summed E-state index contributed by atoms with van der Waals surface area (Å²) in [5, 5.41) is 0. The number of carbonyl (C=O) groups is 3. The van der Waals surface area contributed by atoms with Crippen LogP contribution in [-0.2, 0) is 23.9 Å². The Morgan fingerprint density at radius 2 is 1.64 bits per heavy atom. The molecule has 1 atom stereocenters. The van der Waals surface area contributed by atoms with Crippen molar-refractivity contribution in [3.63, 3.8) is 0 Å². The summed E-state index contributed by atoms with van der Waals surface area (Å²) in [5.41, 5.74) is -1.22. The van der Waals surface area contributed by atoms with Gasteiger partial charge in [-0.25, -0.2) is 9.59 Å². The Kier molecular flexibility index (Phi) is 6.29. The molecular formula is C19H21NO8. The van der Waals surface area contributed by atoms with Crippen molar-refractivity contribution in [3.8, 4) is 17.2 Å². The number of esters is 2. The highest BCUT2D eigenvalue weighted by molar-refractivity contribution is 6.08. The number of carbonyl (C=O) groups excluding carboxylic acids is 3. The molecule has 0 N–H and O–H groups in total. The number of amides is 1. The second-order valence-corrected chi connectivity index (χ2v) is 5.71. The van der Waals surface area contributed by atoms with Crippen LogP contribution >= 0.6 is 0 Å². The highest BCUT2D eigenvalue weighted by Gasteiger charge is 2.57. The van der Waals surface area contributed by atoms with Crippen LogP contribution in [0.3, 0.4) is 0 Å². The van der Waals surface area contributed by atoms with E-state index >= 15 is 0 Å². The molecule has 9 heteroatoms. The molecule has 1 heterocycles. The summed E-state index contributed by atoms with van der Waals surface area (Å²) in [6.07, 6.45) is 1.87. The molecule has 1 aliphatic heterocycles.